The largest absolute Gasteiger partial charge is 0.399 e. The maximum Gasteiger partial charge on any atom is 0.261 e. The minimum atomic E-state index is -0.0598. The molecule has 0 saturated heterocycles. The van der Waals surface area contributed by atoms with Crippen molar-refractivity contribution in [2.45, 2.75) is 13.3 Å². The fourth-order valence-corrected chi connectivity index (χ4v) is 1.75. The lowest BCUT2D eigenvalue weighted by Crippen LogP contribution is -2.31. The fraction of sp³-hybridized carbons (Fsp3) is 0.231. The number of aromatic nitrogens is 2. The van der Waals surface area contributed by atoms with E-state index in [4.69, 9.17) is 5.73 Å². The van der Waals surface area contributed by atoms with E-state index in [2.05, 4.69) is 10.2 Å². The van der Waals surface area contributed by atoms with Crippen LogP contribution >= 0.6 is 0 Å². The molecule has 0 fully saturated rings. The monoisotopic (exact) mass is 244 g/mol. The first-order valence-electron chi connectivity index (χ1n) is 5.88. The number of hydrogen-bond acceptors (Lipinski definition) is 3. The maximum atomic E-state index is 12.3. The minimum absolute atomic E-state index is 0.0598. The van der Waals surface area contributed by atoms with Gasteiger partial charge >= 0.3 is 0 Å². The zero-order valence-electron chi connectivity index (χ0n) is 10.3. The number of benzene rings is 1. The van der Waals surface area contributed by atoms with Crippen molar-refractivity contribution in [2.24, 2.45) is 0 Å². The quantitative estimate of drug-likeness (QED) is 0.808. The number of amides is 1. The molecular formula is C13H16N4O. The molecule has 0 radical (unpaired) electrons. The molecule has 0 aliphatic heterocycles. The minimum Gasteiger partial charge on any atom is -0.399 e. The van der Waals surface area contributed by atoms with Gasteiger partial charge in [-0.2, -0.15) is 5.10 Å². The molecular weight excluding hydrogens is 228 g/mol. The van der Waals surface area contributed by atoms with Crippen LogP contribution in [0.15, 0.2) is 36.7 Å². The van der Waals surface area contributed by atoms with Crippen molar-refractivity contribution in [3.8, 4) is 0 Å². The van der Waals surface area contributed by atoms with Crippen molar-refractivity contribution in [1.29, 1.82) is 0 Å². The van der Waals surface area contributed by atoms with Gasteiger partial charge in [-0.05, 0) is 30.7 Å². The molecule has 0 bridgehead atoms. The van der Waals surface area contributed by atoms with Crippen LogP contribution in [0, 0.1) is 0 Å². The number of nitrogens with one attached hydrogen (secondary N) is 1. The van der Waals surface area contributed by atoms with Crippen LogP contribution in [-0.4, -0.2) is 22.6 Å². The summed E-state index contributed by atoms with van der Waals surface area (Å²) in [7, 11) is 0. The second kappa shape index (κ2) is 5.35. The Balaban J connectivity index is 2.28. The van der Waals surface area contributed by atoms with Crippen LogP contribution in [0.25, 0.3) is 0 Å². The zero-order chi connectivity index (χ0) is 13.0. The molecule has 5 heteroatoms. The highest BCUT2D eigenvalue weighted by atomic mass is 16.2. The predicted octanol–water partition coefficient (Wildman–Crippen LogP) is 2.05. The lowest BCUT2D eigenvalue weighted by molar-refractivity contribution is 0.0987. The van der Waals surface area contributed by atoms with Gasteiger partial charge in [-0.15, -0.1) is 0 Å². The van der Waals surface area contributed by atoms with E-state index in [-0.39, 0.29) is 5.91 Å². The number of nitrogen functional groups attached to an aromatic ring is 1. The second-order valence-electron chi connectivity index (χ2n) is 4.04. The molecule has 0 spiro atoms. The lowest BCUT2D eigenvalue weighted by Gasteiger charge is -2.21. The van der Waals surface area contributed by atoms with Crippen molar-refractivity contribution in [2.75, 3.05) is 17.2 Å². The smallest absolute Gasteiger partial charge is 0.261 e. The number of nitrogens with two attached hydrogens (primary N) is 1. The summed E-state index contributed by atoms with van der Waals surface area (Å²) >= 11 is 0. The Morgan fingerprint density at radius 3 is 2.67 bits per heavy atom. The van der Waals surface area contributed by atoms with Crippen molar-refractivity contribution >= 4 is 17.3 Å². The first-order chi connectivity index (χ1) is 8.72. The Hall–Kier alpha value is -2.30. The second-order valence-corrected chi connectivity index (χ2v) is 4.04. The van der Waals surface area contributed by atoms with Gasteiger partial charge in [0.15, 0.2) is 0 Å². The molecule has 2 rings (SSSR count). The van der Waals surface area contributed by atoms with Crippen molar-refractivity contribution in [3.05, 3.63) is 42.2 Å². The van der Waals surface area contributed by atoms with Gasteiger partial charge in [0, 0.05) is 24.1 Å². The number of carbonyl (C=O) groups excluding carboxylic acids is 1. The average molecular weight is 244 g/mol. The van der Waals surface area contributed by atoms with Crippen LogP contribution in [0.1, 0.15) is 23.7 Å². The van der Waals surface area contributed by atoms with Gasteiger partial charge < -0.3 is 10.6 Å². The topological polar surface area (TPSA) is 75.0 Å². The number of anilines is 2. The van der Waals surface area contributed by atoms with Gasteiger partial charge in [0.25, 0.3) is 5.91 Å². The molecule has 94 valence electrons. The van der Waals surface area contributed by atoms with Gasteiger partial charge in [-0.25, -0.2) is 0 Å². The molecule has 1 aromatic carbocycles. The van der Waals surface area contributed by atoms with Crippen LogP contribution in [0.5, 0.6) is 0 Å². The maximum absolute atomic E-state index is 12.3. The van der Waals surface area contributed by atoms with Crippen LogP contribution in [0.3, 0.4) is 0 Å². The summed E-state index contributed by atoms with van der Waals surface area (Å²) in [6.45, 7) is 2.70. The van der Waals surface area contributed by atoms with Crippen LogP contribution in [-0.2, 0) is 0 Å². The van der Waals surface area contributed by atoms with Crippen molar-refractivity contribution < 1.29 is 4.79 Å². The summed E-state index contributed by atoms with van der Waals surface area (Å²) in [4.78, 5) is 14.0. The first-order valence-corrected chi connectivity index (χ1v) is 5.88. The molecule has 1 amide bonds. The van der Waals surface area contributed by atoms with Gasteiger partial charge in [-0.3, -0.25) is 9.89 Å². The third kappa shape index (κ3) is 2.51. The highest BCUT2D eigenvalue weighted by molar-refractivity contribution is 6.05. The van der Waals surface area contributed by atoms with Crippen LogP contribution in [0.4, 0.5) is 11.4 Å². The molecule has 3 N–H and O–H groups in total. The van der Waals surface area contributed by atoms with E-state index >= 15 is 0 Å². The molecule has 5 nitrogen and oxygen atoms in total. The molecule has 18 heavy (non-hydrogen) atoms. The number of aromatic amines is 1. The number of hydrogen-bond donors (Lipinski definition) is 2. The fourth-order valence-electron chi connectivity index (χ4n) is 1.75. The SMILES string of the molecule is CCCN(C(=O)c1cn[nH]c1)c1ccc(N)cc1. The normalized spacial score (nSPS) is 10.3. The summed E-state index contributed by atoms with van der Waals surface area (Å²) in [6, 6.07) is 7.28. The Morgan fingerprint density at radius 1 is 1.39 bits per heavy atom. The summed E-state index contributed by atoms with van der Waals surface area (Å²) < 4.78 is 0. The summed E-state index contributed by atoms with van der Waals surface area (Å²) in [5.41, 5.74) is 7.74. The standard InChI is InChI=1S/C13H16N4O/c1-2-7-17(12-5-3-11(14)4-6-12)13(18)10-8-15-16-9-10/h3-6,8-9H,2,7,14H2,1H3,(H,15,16). The number of H-pyrrole nitrogens is 1. The Bertz CT molecular complexity index is 504. The predicted molar refractivity (Wildman–Crippen MR) is 71.4 cm³/mol. The molecule has 0 atom stereocenters. The van der Waals surface area contributed by atoms with E-state index in [1.54, 1.807) is 23.2 Å². The highest BCUT2D eigenvalue weighted by Crippen LogP contribution is 2.19. The average Bonchev–Trinajstić information content (AvgIpc) is 2.90. The molecule has 0 aliphatic carbocycles. The van der Waals surface area contributed by atoms with E-state index in [1.807, 2.05) is 19.1 Å². The molecule has 2 aromatic rings. The molecule has 0 aliphatic rings. The van der Waals surface area contributed by atoms with E-state index in [1.165, 1.54) is 6.20 Å². The molecule has 0 saturated carbocycles. The van der Waals surface area contributed by atoms with Gasteiger partial charge in [-0.1, -0.05) is 6.92 Å². The summed E-state index contributed by atoms with van der Waals surface area (Å²) in [5.74, 6) is -0.0598. The third-order valence-electron chi connectivity index (χ3n) is 2.64. The van der Waals surface area contributed by atoms with E-state index in [0.29, 0.717) is 17.8 Å². The molecule has 1 heterocycles. The third-order valence-corrected chi connectivity index (χ3v) is 2.64. The van der Waals surface area contributed by atoms with Crippen molar-refractivity contribution in [3.63, 3.8) is 0 Å². The van der Waals surface area contributed by atoms with Crippen LogP contribution in [0.2, 0.25) is 0 Å². The van der Waals surface area contributed by atoms with Crippen LogP contribution < -0.4 is 10.6 Å². The molecule has 1 aromatic heterocycles. The van der Waals surface area contributed by atoms with E-state index in [0.717, 1.165) is 12.1 Å². The summed E-state index contributed by atoms with van der Waals surface area (Å²) in [5, 5.41) is 6.45. The Morgan fingerprint density at radius 2 is 2.11 bits per heavy atom. The number of nitrogens with zero attached hydrogens (tertiary/aromatic N) is 2. The number of rotatable bonds is 4. The van der Waals surface area contributed by atoms with Gasteiger partial charge in [0.2, 0.25) is 0 Å². The number of carbonyl (C=O) groups is 1. The summed E-state index contributed by atoms with van der Waals surface area (Å²) in [6.07, 6.45) is 4.01. The highest BCUT2D eigenvalue weighted by Gasteiger charge is 2.17. The Kier molecular flexibility index (Phi) is 3.62. The van der Waals surface area contributed by atoms with E-state index in [9.17, 15) is 4.79 Å². The first kappa shape index (κ1) is 12.2. The lowest BCUT2D eigenvalue weighted by atomic mass is 10.2. The van der Waals surface area contributed by atoms with Gasteiger partial charge in [0.1, 0.15) is 0 Å². The van der Waals surface area contributed by atoms with E-state index < -0.39 is 0 Å². The molecule has 0 unspecified atom stereocenters. The zero-order valence-corrected chi connectivity index (χ0v) is 10.3. The van der Waals surface area contributed by atoms with Crippen molar-refractivity contribution in [1.82, 2.24) is 10.2 Å². The van der Waals surface area contributed by atoms with Gasteiger partial charge in [0.05, 0.1) is 11.8 Å². The Labute approximate surface area is 106 Å².